The summed E-state index contributed by atoms with van der Waals surface area (Å²) in [6.07, 6.45) is 5.37. The molecule has 2 aliphatic rings. The van der Waals surface area contributed by atoms with Gasteiger partial charge < -0.3 is 32.3 Å². The average Bonchev–Trinajstić information content (AvgIpc) is 3.72. The van der Waals surface area contributed by atoms with Crippen LogP contribution in [0.2, 0.25) is 0 Å². The molecule has 1 saturated carbocycles. The summed E-state index contributed by atoms with van der Waals surface area (Å²) in [4.78, 5) is 92.8. The fourth-order valence-electron chi connectivity index (χ4n) is 6.19. The van der Waals surface area contributed by atoms with E-state index in [9.17, 15) is 33.6 Å². The van der Waals surface area contributed by atoms with Crippen LogP contribution in [0.1, 0.15) is 75.0 Å². The minimum absolute atomic E-state index is 0.0618. The van der Waals surface area contributed by atoms with E-state index in [1.165, 1.54) is 33.3 Å². The number of hydrogen-bond acceptors (Lipinski definition) is 8. The summed E-state index contributed by atoms with van der Waals surface area (Å²) in [5.74, 6) is -2.76. The quantitative estimate of drug-likeness (QED) is 0.0591. The Kier molecular flexibility index (Phi) is 14.1. The highest BCUT2D eigenvalue weighted by Crippen LogP contribution is 2.45. The first kappa shape index (κ1) is 39.0. The molecule has 2 atom stereocenters. The zero-order valence-corrected chi connectivity index (χ0v) is 29.8. The molecule has 1 unspecified atom stereocenters. The second-order valence-electron chi connectivity index (χ2n) is 12.6. The molecule has 0 bridgehead atoms. The minimum atomic E-state index is -1.54. The van der Waals surface area contributed by atoms with Crippen molar-refractivity contribution >= 4 is 70.1 Å². The predicted octanol–water partition coefficient (Wildman–Crippen LogP) is 3.07. The smallest absolute Gasteiger partial charge is 0.312 e. The van der Waals surface area contributed by atoms with Gasteiger partial charge in [0.2, 0.25) is 23.6 Å². The van der Waals surface area contributed by atoms with Crippen LogP contribution >= 0.6 is 22.9 Å². The van der Waals surface area contributed by atoms with Crippen LogP contribution in [-0.4, -0.2) is 77.0 Å². The van der Waals surface area contributed by atoms with Crippen LogP contribution in [0.25, 0.3) is 0 Å². The molecule has 4 rings (SSSR count). The first-order valence-electron chi connectivity index (χ1n) is 16.9. The first-order chi connectivity index (χ1) is 24.5. The monoisotopic (exact) mass is 741 g/mol. The maximum Gasteiger partial charge on any atom is 0.312 e. The number of amides is 8. The van der Waals surface area contributed by atoms with Crippen molar-refractivity contribution in [2.75, 3.05) is 25.0 Å². The number of urea groups is 1. The van der Waals surface area contributed by atoms with Gasteiger partial charge in [0.05, 0.1) is 12.5 Å². The van der Waals surface area contributed by atoms with Crippen molar-refractivity contribution in [2.24, 2.45) is 16.9 Å². The molecule has 274 valence electrons. The molecule has 16 heteroatoms. The Bertz CT molecular complexity index is 1590. The van der Waals surface area contributed by atoms with Gasteiger partial charge in [-0.1, -0.05) is 18.6 Å². The van der Waals surface area contributed by atoms with E-state index in [-0.39, 0.29) is 68.8 Å². The first-order valence-corrected chi connectivity index (χ1v) is 18.4. The van der Waals surface area contributed by atoms with Gasteiger partial charge in [-0.3, -0.25) is 33.7 Å². The normalized spacial score (nSPS) is 15.8. The molecule has 1 aromatic carbocycles. The van der Waals surface area contributed by atoms with Crippen LogP contribution in [0, 0.1) is 5.41 Å². The zero-order valence-electron chi connectivity index (χ0n) is 28.2. The van der Waals surface area contributed by atoms with Crippen LogP contribution in [0.5, 0.6) is 0 Å². The number of nitrogens with one attached hydrogen (secondary N) is 3. The number of nitrogens with zero attached hydrogens (tertiary/aromatic N) is 2. The van der Waals surface area contributed by atoms with Crippen molar-refractivity contribution in [3.63, 3.8) is 0 Å². The van der Waals surface area contributed by atoms with E-state index in [2.05, 4.69) is 16.0 Å². The number of primary amides is 2. The number of halogens is 1. The summed E-state index contributed by atoms with van der Waals surface area (Å²) in [7, 11) is 0. The Morgan fingerprint density at radius 3 is 2.18 bits per heavy atom. The molecule has 0 radical (unpaired) electrons. The molecule has 7 N–H and O–H groups in total. The highest BCUT2D eigenvalue weighted by molar-refractivity contribution is 7.08. The van der Waals surface area contributed by atoms with E-state index in [0.29, 0.717) is 43.5 Å². The molecular formula is C35H44ClN7O7S. The SMILES string of the molecule is NC(=O)NCCCC(C(=O)Nc1ccc(CCl)cc1)N(C(=O)C1(C(N)=O)CCC1)[C@H](CC(=O)NCCCCCN1C(=O)C=CC1=O)c1ccsc1. The van der Waals surface area contributed by atoms with Crippen LogP contribution in [0.15, 0.2) is 53.2 Å². The van der Waals surface area contributed by atoms with E-state index in [4.69, 9.17) is 23.1 Å². The molecular weight excluding hydrogens is 698 g/mol. The number of carbonyl (C=O) groups excluding carboxylic acids is 7. The lowest BCUT2D eigenvalue weighted by Gasteiger charge is -2.46. The van der Waals surface area contributed by atoms with Crippen LogP contribution in [-0.2, 0) is 34.6 Å². The predicted molar refractivity (Wildman–Crippen MR) is 192 cm³/mol. The van der Waals surface area contributed by atoms with Crippen molar-refractivity contribution < 1.29 is 33.6 Å². The van der Waals surface area contributed by atoms with Gasteiger partial charge in [0, 0.05) is 43.4 Å². The molecule has 1 fully saturated rings. The van der Waals surface area contributed by atoms with Crippen LogP contribution in [0.4, 0.5) is 10.5 Å². The van der Waals surface area contributed by atoms with E-state index in [1.54, 1.807) is 41.1 Å². The van der Waals surface area contributed by atoms with Gasteiger partial charge in [0.1, 0.15) is 11.5 Å². The molecule has 14 nitrogen and oxygen atoms in total. The Morgan fingerprint density at radius 2 is 1.61 bits per heavy atom. The van der Waals surface area contributed by atoms with Crippen molar-refractivity contribution in [1.29, 1.82) is 0 Å². The summed E-state index contributed by atoms with van der Waals surface area (Å²) in [5.41, 5.74) is 11.5. The number of unbranched alkanes of at least 4 members (excludes halogenated alkanes) is 2. The largest absolute Gasteiger partial charge is 0.369 e. The Labute approximate surface area is 305 Å². The van der Waals surface area contributed by atoms with Crippen molar-refractivity contribution in [3.8, 4) is 0 Å². The van der Waals surface area contributed by atoms with Gasteiger partial charge in [-0.15, -0.1) is 11.6 Å². The molecule has 0 spiro atoms. The lowest BCUT2D eigenvalue weighted by molar-refractivity contribution is -0.162. The third-order valence-corrected chi connectivity index (χ3v) is 10.2. The number of hydrogen-bond donors (Lipinski definition) is 5. The van der Waals surface area contributed by atoms with Crippen LogP contribution < -0.4 is 27.4 Å². The zero-order chi connectivity index (χ0) is 37.0. The van der Waals surface area contributed by atoms with Gasteiger partial charge in [0.25, 0.3) is 11.8 Å². The summed E-state index contributed by atoms with van der Waals surface area (Å²) in [6, 6.07) is 5.79. The fourth-order valence-corrected chi connectivity index (χ4v) is 7.08. The molecule has 2 aromatic rings. The lowest BCUT2D eigenvalue weighted by Crippen LogP contribution is -2.60. The molecule has 1 aliphatic carbocycles. The molecule has 1 aliphatic heterocycles. The number of nitrogens with two attached hydrogens (primary N) is 2. The van der Waals surface area contributed by atoms with E-state index >= 15 is 0 Å². The molecule has 51 heavy (non-hydrogen) atoms. The highest BCUT2D eigenvalue weighted by atomic mass is 35.5. The van der Waals surface area contributed by atoms with Gasteiger partial charge in [-0.05, 0) is 85.0 Å². The second-order valence-corrected chi connectivity index (χ2v) is 13.7. The number of rotatable bonds is 20. The number of alkyl halides is 1. The highest BCUT2D eigenvalue weighted by Gasteiger charge is 2.54. The molecule has 8 amide bonds. The molecule has 0 saturated heterocycles. The number of carbonyl (C=O) groups is 7. The van der Waals surface area contributed by atoms with E-state index in [1.807, 2.05) is 0 Å². The molecule has 2 heterocycles. The van der Waals surface area contributed by atoms with Crippen molar-refractivity contribution in [3.05, 3.63) is 64.4 Å². The fraction of sp³-hybridized carbons (Fsp3) is 0.457. The topological polar surface area (TPSA) is 214 Å². The van der Waals surface area contributed by atoms with E-state index < -0.39 is 41.3 Å². The maximum atomic E-state index is 14.7. The van der Waals surface area contributed by atoms with Crippen molar-refractivity contribution in [2.45, 2.75) is 75.8 Å². The Balaban J connectivity index is 1.58. The van der Waals surface area contributed by atoms with Gasteiger partial charge >= 0.3 is 6.03 Å². The number of anilines is 1. The Morgan fingerprint density at radius 1 is 0.922 bits per heavy atom. The third kappa shape index (κ3) is 10.2. The lowest BCUT2D eigenvalue weighted by atomic mass is 9.66. The minimum Gasteiger partial charge on any atom is -0.369 e. The van der Waals surface area contributed by atoms with Crippen molar-refractivity contribution in [1.82, 2.24) is 20.4 Å². The third-order valence-electron chi connectivity index (χ3n) is 9.21. The average molecular weight is 742 g/mol. The number of imide groups is 1. The summed E-state index contributed by atoms with van der Waals surface area (Å²) >= 11 is 7.30. The summed E-state index contributed by atoms with van der Waals surface area (Å²) < 4.78 is 0. The Hall–Kier alpha value is -4.76. The summed E-state index contributed by atoms with van der Waals surface area (Å²) in [6.45, 7) is 0.703. The number of benzene rings is 1. The maximum absolute atomic E-state index is 14.7. The standard InChI is InChI=1S/C35H44ClN7O7S/c36-21-23-7-9-25(10-8-23)41-31(47)26(6-4-17-40-34(38)50)43(33(49)35(32(37)48)14-5-15-35)27(24-13-19-51-22-24)20-28(44)39-16-2-1-3-18-42-29(45)11-12-30(42)46/h7-13,19,22,26-27H,1-6,14-18,20-21H2,(H2,37,48)(H,39,44)(H,41,47)(H3,38,40,50)/t26?,27-/m1/s1. The molecule has 1 aromatic heterocycles. The van der Waals surface area contributed by atoms with Gasteiger partial charge in [0.15, 0.2) is 0 Å². The number of thiophene rings is 1. The van der Waals surface area contributed by atoms with Crippen LogP contribution in [0.3, 0.4) is 0 Å². The van der Waals surface area contributed by atoms with E-state index in [0.717, 1.165) is 5.56 Å². The van der Waals surface area contributed by atoms with Gasteiger partial charge in [-0.25, -0.2) is 4.79 Å². The van der Waals surface area contributed by atoms with Gasteiger partial charge in [-0.2, -0.15) is 11.3 Å². The summed E-state index contributed by atoms with van der Waals surface area (Å²) in [5, 5.41) is 11.9. The second kappa shape index (κ2) is 18.5.